The second-order valence-electron chi connectivity index (χ2n) is 0.101. The minimum absolute atomic E-state index is 0.500. The van der Waals surface area contributed by atoms with Gasteiger partial charge in [-0.25, -0.2) is 4.39 Å². The molecule has 0 amide bonds. The molecule has 34 valence electrons. The molecule has 0 aromatic carbocycles. The minimum atomic E-state index is -0.778. The maximum absolute atomic E-state index is 10.1. The Labute approximate surface area is 34.7 Å². The zero-order valence-corrected chi connectivity index (χ0v) is 3.60. The van der Waals surface area contributed by atoms with Crippen molar-refractivity contribution >= 4 is 11.6 Å². The van der Waals surface area contributed by atoms with E-state index in [1.54, 1.807) is 0 Å². The van der Waals surface area contributed by atoms with Crippen LogP contribution >= 0.6 is 11.6 Å². The summed E-state index contributed by atoms with van der Waals surface area (Å²) in [7, 11) is 0.500. The summed E-state index contributed by atoms with van der Waals surface area (Å²) < 4.78 is 19.6. The van der Waals surface area contributed by atoms with Crippen molar-refractivity contribution in [3.05, 3.63) is 0 Å². The summed E-state index contributed by atoms with van der Waals surface area (Å²) in [5, 5.41) is 0. The summed E-state index contributed by atoms with van der Waals surface area (Å²) in [5.41, 5.74) is 0. The van der Waals surface area contributed by atoms with Crippen LogP contribution in [0.2, 0.25) is 0 Å². The van der Waals surface area contributed by atoms with E-state index in [-0.39, 0.29) is 0 Å². The van der Waals surface area contributed by atoms with Gasteiger partial charge in [0.15, 0.2) is 6.13 Å². The average Bonchev–Trinajstić information content (AvgIpc) is 1.46. The number of hydrogen-bond donors (Lipinski definition) is 0. The summed E-state index contributed by atoms with van der Waals surface area (Å²) in [6.07, 6.45) is -0.778. The van der Waals surface area contributed by atoms with Gasteiger partial charge in [-0.1, -0.05) is 11.6 Å². The molecule has 0 aliphatic heterocycles. The van der Waals surface area contributed by atoms with Crippen molar-refractivity contribution < 1.29 is 8.78 Å². The number of rotatable bonds is 0. The van der Waals surface area contributed by atoms with Crippen molar-refractivity contribution in [1.29, 1.82) is 0 Å². The Morgan fingerprint density at radius 3 is 1.60 bits per heavy atom. The van der Waals surface area contributed by atoms with Crippen LogP contribution in [0.15, 0.2) is 0 Å². The summed E-state index contributed by atoms with van der Waals surface area (Å²) >= 11 is 4.33. The third kappa shape index (κ3) is 853. The standard InChI is InChI=1S/CH2ClF.CH3F/c2-1-3;1-2/h1H2;1H3. The Morgan fingerprint density at radius 2 is 1.60 bits per heavy atom. The van der Waals surface area contributed by atoms with Crippen molar-refractivity contribution in [2.45, 2.75) is 0 Å². The van der Waals surface area contributed by atoms with Gasteiger partial charge >= 0.3 is 0 Å². The predicted molar refractivity (Wildman–Crippen MR) is 18.9 cm³/mol. The molecular weight excluding hydrogens is 97.5 g/mol. The molecule has 0 heterocycles. The van der Waals surface area contributed by atoms with E-state index >= 15 is 0 Å². The SMILES string of the molecule is CF.FCCl. The van der Waals surface area contributed by atoms with Gasteiger partial charge in [0.1, 0.15) is 0 Å². The van der Waals surface area contributed by atoms with Crippen LogP contribution in [0.25, 0.3) is 0 Å². The van der Waals surface area contributed by atoms with Crippen LogP contribution < -0.4 is 0 Å². The van der Waals surface area contributed by atoms with Gasteiger partial charge in [-0.2, -0.15) is 0 Å². The van der Waals surface area contributed by atoms with Crippen LogP contribution in [0.3, 0.4) is 0 Å². The van der Waals surface area contributed by atoms with Crippen LogP contribution in [0.4, 0.5) is 8.78 Å². The Hall–Kier alpha value is 0.150. The Bertz CT molecular complexity index is 7.61. The van der Waals surface area contributed by atoms with Crippen LogP contribution in [0.5, 0.6) is 0 Å². The molecule has 0 saturated heterocycles. The first-order valence-electron chi connectivity index (χ1n) is 0.912. The highest BCUT2D eigenvalue weighted by Gasteiger charge is 1.43. The van der Waals surface area contributed by atoms with Crippen LogP contribution in [0, 0.1) is 0 Å². The molecule has 0 atom stereocenters. The largest absolute Gasteiger partial charge is 0.255 e. The second-order valence-corrected chi connectivity index (χ2v) is 0.303. The van der Waals surface area contributed by atoms with Gasteiger partial charge in [0.25, 0.3) is 0 Å². The van der Waals surface area contributed by atoms with E-state index < -0.39 is 6.13 Å². The Morgan fingerprint density at radius 1 is 1.60 bits per heavy atom. The van der Waals surface area contributed by atoms with E-state index in [2.05, 4.69) is 11.6 Å². The average molecular weight is 103 g/mol. The van der Waals surface area contributed by atoms with Gasteiger partial charge in [0.2, 0.25) is 0 Å². The highest BCUT2D eigenvalue weighted by atomic mass is 35.5. The van der Waals surface area contributed by atoms with Gasteiger partial charge in [-0.15, -0.1) is 0 Å². The molecule has 0 fully saturated rings. The second kappa shape index (κ2) is 31.1. The molecule has 0 radical (unpaired) electrons. The van der Waals surface area contributed by atoms with E-state index in [0.717, 1.165) is 0 Å². The van der Waals surface area contributed by atoms with Crippen LogP contribution in [0.1, 0.15) is 0 Å². The molecule has 0 bridgehead atoms. The molecule has 0 unspecified atom stereocenters. The molecule has 0 aliphatic carbocycles. The molecule has 0 rings (SSSR count). The molecule has 0 nitrogen and oxygen atoms in total. The van der Waals surface area contributed by atoms with Gasteiger partial charge < -0.3 is 0 Å². The maximum atomic E-state index is 10.1. The summed E-state index contributed by atoms with van der Waals surface area (Å²) in [6, 6.07) is 0. The highest BCUT2D eigenvalue weighted by Crippen LogP contribution is 1.65. The van der Waals surface area contributed by atoms with Gasteiger partial charge in [-0.05, 0) is 0 Å². The Balaban J connectivity index is 0. The molecule has 3 heteroatoms. The van der Waals surface area contributed by atoms with Crippen molar-refractivity contribution in [1.82, 2.24) is 0 Å². The van der Waals surface area contributed by atoms with Crippen molar-refractivity contribution in [2.24, 2.45) is 0 Å². The predicted octanol–water partition coefficient (Wildman–Crippen LogP) is 1.74. The van der Waals surface area contributed by atoms with Crippen molar-refractivity contribution in [3.63, 3.8) is 0 Å². The highest BCUT2D eigenvalue weighted by molar-refractivity contribution is 6.16. The van der Waals surface area contributed by atoms with E-state index in [1.165, 1.54) is 0 Å². The lowest BCUT2D eigenvalue weighted by atomic mass is 11.8. The van der Waals surface area contributed by atoms with E-state index in [0.29, 0.717) is 7.18 Å². The zero-order valence-electron chi connectivity index (χ0n) is 2.84. The lowest BCUT2D eigenvalue weighted by Crippen LogP contribution is -1.29. The number of hydrogen-bond acceptors (Lipinski definition) is 0. The first-order valence-corrected chi connectivity index (χ1v) is 1.45. The quantitative estimate of drug-likeness (QED) is 0.409. The van der Waals surface area contributed by atoms with Gasteiger partial charge in [-0.3, -0.25) is 4.39 Å². The van der Waals surface area contributed by atoms with Crippen LogP contribution in [-0.4, -0.2) is 13.3 Å². The molecular formula is C2H5ClF2. The summed E-state index contributed by atoms with van der Waals surface area (Å²) in [6.45, 7) is 0. The zero-order chi connectivity index (χ0) is 4.71. The Kier molecular flexibility index (Phi) is 55.7. The van der Waals surface area contributed by atoms with Gasteiger partial charge in [0, 0.05) is 0 Å². The minimum Gasteiger partial charge on any atom is -0.255 e. The van der Waals surface area contributed by atoms with E-state index in [1.807, 2.05) is 0 Å². The fourth-order valence-corrected chi connectivity index (χ4v) is 0. The number of alkyl halides is 3. The summed E-state index contributed by atoms with van der Waals surface area (Å²) in [5.74, 6) is 0. The first-order chi connectivity index (χ1) is 2.41. The van der Waals surface area contributed by atoms with E-state index in [4.69, 9.17) is 0 Å². The van der Waals surface area contributed by atoms with Crippen LogP contribution in [-0.2, 0) is 0 Å². The van der Waals surface area contributed by atoms with Gasteiger partial charge in [0.05, 0.1) is 7.18 Å². The smallest absolute Gasteiger partial charge is 0.163 e. The molecule has 0 spiro atoms. The third-order valence-electron chi connectivity index (χ3n) is 0. The topological polar surface area (TPSA) is 0 Å². The number of halogens is 3. The summed E-state index contributed by atoms with van der Waals surface area (Å²) in [4.78, 5) is 0. The molecule has 5 heavy (non-hydrogen) atoms. The third-order valence-corrected chi connectivity index (χ3v) is 0. The molecule has 0 aromatic rings. The molecule has 0 saturated carbocycles. The van der Waals surface area contributed by atoms with Crippen molar-refractivity contribution in [2.75, 3.05) is 13.3 Å². The fraction of sp³-hybridized carbons (Fsp3) is 1.00. The molecule has 0 aromatic heterocycles. The lowest BCUT2D eigenvalue weighted by molar-refractivity contribution is 0.599. The lowest BCUT2D eigenvalue weighted by Gasteiger charge is -1.42. The molecule has 0 aliphatic rings. The van der Waals surface area contributed by atoms with E-state index in [9.17, 15) is 8.78 Å². The molecule has 0 N–H and O–H groups in total. The monoisotopic (exact) mass is 102 g/mol. The van der Waals surface area contributed by atoms with Crippen molar-refractivity contribution in [3.8, 4) is 0 Å². The normalized spacial score (nSPS) is 4.80. The fourth-order valence-electron chi connectivity index (χ4n) is 0. The first kappa shape index (κ1) is 8.94. The maximum Gasteiger partial charge on any atom is 0.163 e.